The van der Waals surface area contributed by atoms with Crippen LogP contribution in [0.25, 0.3) is 0 Å². The van der Waals surface area contributed by atoms with Crippen molar-refractivity contribution in [2.45, 2.75) is 37.8 Å². The van der Waals surface area contributed by atoms with E-state index in [1.54, 1.807) is 0 Å². The topological polar surface area (TPSA) is 74.1 Å². The predicted octanol–water partition coefficient (Wildman–Crippen LogP) is -0.570. The zero-order valence-corrected chi connectivity index (χ0v) is 9.14. The molecule has 1 saturated heterocycles. The molecule has 2 fully saturated rings. The Kier molecular flexibility index (Phi) is 3.30. The van der Waals surface area contributed by atoms with Gasteiger partial charge in [0.2, 0.25) is 0 Å². The Morgan fingerprint density at radius 3 is 3.00 bits per heavy atom. The smallest absolute Gasteiger partial charge is 0.285 e. The fourth-order valence-corrected chi connectivity index (χ4v) is 2.28. The van der Waals surface area contributed by atoms with E-state index in [1.165, 1.54) is 0 Å². The van der Waals surface area contributed by atoms with Gasteiger partial charge < -0.3 is 20.3 Å². The summed E-state index contributed by atoms with van der Waals surface area (Å²) in [5.74, 6) is -0.459. The average molecular weight is 232 g/mol. The van der Waals surface area contributed by atoms with Crippen LogP contribution in [0.5, 0.6) is 0 Å². The van der Waals surface area contributed by atoms with E-state index in [4.69, 9.17) is 9.84 Å². The minimum Gasteiger partial charge on any atom is -0.460 e. The summed E-state index contributed by atoms with van der Waals surface area (Å²) in [6.45, 7) is 2.19. The number of hydrogen-bond acceptors (Lipinski definition) is 4. The molecule has 6 heteroatoms. The van der Waals surface area contributed by atoms with Crippen molar-refractivity contribution in [2.24, 2.45) is 10.9 Å². The highest BCUT2D eigenvalue weighted by Crippen LogP contribution is 2.32. The first-order valence-corrected chi connectivity index (χ1v) is 5.58. The summed E-state index contributed by atoms with van der Waals surface area (Å²) in [7, 11) is 0. The van der Waals surface area contributed by atoms with Crippen LogP contribution >= 0.6 is 0 Å². The zero-order chi connectivity index (χ0) is 11.7. The fraction of sp³-hybridized carbons (Fsp3) is 0.900. The lowest BCUT2D eigenvalue weighted by molar-refractivity contribution is -0.0626. The molecule has 2 aliphatic rings. The van der Waals surface area contributed by atoms with Gasteiger partial charge in [0, 0.05) is 19.1 Å². The molecular weight excluding hydrogens is 215 g/mol. The highest BCUT2D eigenvalue weighted by atomic mass is 19.1. The highest BCUT2D eigenvalue weighted by Gasteiger charge is 2.49. The number of ether oxygens (including phenoxy) is 1. The summed E-state index contributed by atoms with van der Waals surface area (Å²) in [5, 5.41) is 21.5. The van der Waals surface area contributed by atoms with Crippen molar-refractivity contribution in [1.29, 1.82) is 0 Å². The minimum absolute atomic E-state index is 0.228. The molecule has 0 amide bonds. The molecule has 92 valence electrons. The third-order valence-corrected chi connectivity index (χ3v) is 3.18. The molecule has 5 atom stereocenters. The van der Waals surface area contributed by atoms with Crippen molar-refractivity contribution in [3.8, 4) is 0 Å². The largest absolute Gasteiger partial charge is 0.460 e. The molecule has 0 bridgehead atoms. The van der Waals surface area contributed by atoms with Gasteiger partial charge in [-0.25, -0.2) is 9.38 Å². The summed E-state index contributed by atoms with van der Waals surface area (Å²) in [6.07, 6.45) is -2.47. The molecule has 5 nitrogen and oxygen atoms in total. The van der Waals surface area contributed by atoms with Gasteiger partial charge in [-0.1, -0.05) is 0 Å². The summed E-state index contributed by atoms with van der Waals surface area (Å²) in [6, 6.07) is -0.214. The number of hydrogen-bond donors (Lipinski definition) is 3. The highest BCUT2D eigenvalue weighted by molar-refractivity contribution is 5.76. The van der Waals surface area contributed by atoms with Crippen LogP contribution in [0.15, 0.2) is 4.99 Å². The van der Waals surface area contributed by atoms with E-state index in [-0.39, 0.29) is 12.7 Å². The van der Waals surface area contributed by atoms with E-state index >= 15 is 0 Å². The van der Waals surface area contributed by atoms with Crippen LogP contribution in [0.3, 0.4) is 0 Å². The molecule has 0 spiro atoms. The quantitative estimate of drug-likeness (QED) is 0.596. The number of aliphatic hydroxyl groups excluding tert-OH is 2. The van der Waals surface area contributed by atoms with Crippen molar-refractivity contribution < 1.29 is 19.3 Å². The first-order chi connectivity index (χ1) is 7.67. The van der Waals surface area contributed by atoms with Crippen molar-refractivity contribution in [3.63, 3.8) is 0 Å². The third kappa shape index (κ3) is 1.87. The molecular formula is C10H17FN2O3. The van der Waals surface area contributed by atoms with Crippen LogP contribution in [-0.2, 0) is 4.74 Å². The molecule has 16 heavy (non-hydrogen) atoms. The maximum Gasteiger partial charge on any atom is 0.285 e. The number of halogens is 1. The van der Waals surface area contributed by atoms with Gasteiger partial charge in [0.25, 0.3) is 6.02 Å². The summed E-state index contributed by atoms with van der Waals surface area (Å²) < 4.78 is 19.3. The van der Waals surface area contributed by atoms with Gasteiger partial charge in [-0.15, -0.1) is 0 Å². The summed E-state index contributed by atoms with van der Waals surface area (Å²) in [5.41, 5.74) is 0. The number of aliphatic imine (C=N–C) groups is 1. The SMILES string of the molecule is CCN=C1N[C@@H]2[C@H](F)[C@H](O)[C@@H](CO)C[C@@H]2O1. The first kappa shape index (κ1) is 11.6. The van der Waals surface area contributed by atoms with Crippen molar-refractivity contribution in [3.05, 3.63) is 0 Å². The molecule has 1 aliphatic heterocycles. The summed E-state index contributed by atoms with van der Waals surface area (Å²) >= 11 is 0. The third-order valence-electron chi connectivity index (χ3n) is 3.18. The van der Waals surface area contributed by atoms with Gasteiger partial charge in [-0.2, -0.15) is 0 Å². The van der Waals surface area contributed by atoms with E-state index in [0.717, 1.165) is 0 Å². The number of aliphatic hydroxyl groups is 2. The van der Waals surface area contributed by atoms with Gasteiger partial charge in [0.05, 0.1) is 6.10 Å². The van der Waals surface area contributed by atoms with E-state index in [2.05, 4.69) is 10.3 Å². The number of nitrogens with one attached hydrogen (secondary N) is 1. The minimum atomic E-state index is -1.43. The number of fused-ring (bicyclic) bond motifs is 1. The van der Waals surface area contributed by atoms with Gasteiger partial charge >= 0.3 is 0 Å². The Balaban J connectivity index is 2.10. The molecule has 0 aromatic heterocycles. The lowest BCUT2D eigenvalue weighted by Crippen LogP contribution is -2.54. The molecule has 0 aromatic carbocycles. The number of nitrogens with zero attached hydrogens (tertiary/aromatic N) is 1. The van der Waals surface area contributed by atoms with Gasteiger partial charge in [0.1, 0.15) is 18.3 Å². The Labute approximate surface area is 93.3 Å². The Morgan fingerprint density at radius 2 is 2.38 bits per heavy atom. The Hall–Kier alpha value is -0.880. The second-order valence-electron chi connectivity index (χ2n) is 4.22. The van der Waals surface area contributed by atoms with Crippen molar-refractivity contribution in [1.82, 2.24) is 5.32 Å². The fourth-order valence-electron chi connectivity index (χ4n) is 2.28. The zero-order valence-electron chi connectivity index (χ0n) is 9.14. The van der Waals surface area contributed by atoms with Crippen molar-refractivity contribution in [2.75, 3.05) is 13.2 Å². The number of rotatable bonds is 2. The molecule has 0 radical (unpaired) electrons. The van der Waals surface area contributed by atoms with Crippen LogP contribution in [0.1, 0.15) is 13.3 Å². The lowest BCUT2D eigenvalue weighted by Gasteiger charge is -2.35. The molecule has 0 aromatic rings. The van der Waals surface area contributed by atoms with Crippen LogP contribution in [0.2, 0.25) is 0 Å². The maximum atomic E-state index is 13.8. The van der Waals surface area contributed by atoms with E-state index in [0.29, 0.717) is 19.0 Å². The first-order valence-electron chi connectivity index (χ1n) is 5.58. The van der Waals surface area contributed by atoms with Gasteiger partial charge in [-0.3, -0.25) is 0 Å². The molecule has 1 heterocycles. The van der Waals surface area contributed by atoms with Crippen LogP contribution in [0.4, 0.5) is 4.39 Å². The maximum absolute atomic E-state index is 13.8. The van der Waals surface area contributed by atoms with Crippen molar-refractivity contribution >= 4 is 6.02 Å². The Bertz CT molecular complexity index is 287. The Morgan fingerprint density at radius 1 is 1.62 bits per heavy atom. The van der Waals surface area contributed by atoms with Crippen LogP contribution in [-0.4, -0.2) is 53.8 Å². The second-order valence-corrected chi connectivity index (χ2v) is 4.22. The van der Waals surface area contributed by atoms with Gasteiger partial charge in [0.15, 0.2) is 0 Å². The summed E-state index contributed by atoms with van der Waals surface area (Å²) in [4.78, 5) is 4.03. The molecule has 3 N–H and O–H groups in total. The van der Waals surface area contributed by atoms with Crippen LogP contribution in [0, 0.1) is 5.92 Å². The number of amidine groups is 1. The van der Waals surface area contributed by atoms with Crippen LogP contribution < -0.4 is 5.32 Å². The standard InChI is InChI=1S/C10H17FN2O3/c1-2-12-10-13-8-6(16-10)3-5(4-14)9(15)7(8)11/h5-9,14-15H,2-4H2,1H3,(H,12,13)/t5-,6+,7+,8+,9-/m1/s1. The molecule has 1 aliphatic carbocycles. The molecule has 0 unspecified atom stereocenters. The second kappa shape index (κ2) is 4.55. The molecule has 2 rings (SSSR count). The number of alkyl halides is 1. The van der Waals surface area contributed by atoms with E-state index in [1.807, 2.05) is 6.92 Å². The predicted molar refractivity (Wildman–Crippen MR) is 55.9 cm³/mol. The monoisotopic (exact) mass is 232 g/mol. The average Bonchev–Trinajstić information content (AvgIpc) is 2.67. The van der Waals surface area contributed by atoms with E-state index in [9.17, 15) is 9.50 Å². The lowest BCUT2D eigenvalue weighted by atomic mass is 9.81. The van der Waals surface area contributed by atoms with Gasteiger partial charge in [-0.05, 0) is 13.3 Å². The normalized spacial score (nSPS) is 45.0. The molecule has 1 saturated carbocycles. The van der Waals surface area contributed by atoms with E-state index < -0.39 is 24.2 Å².